The zero-order valence-electron chi connectivity index (χ0n) is 17.2. The molecule has 30 heavy (non-hydrogen) atoms. The van der Waals surface area contributed by atoms with Gasteiger partial charge in [0.1, 0.15) is 17.4 Å². The first kappa shape index (κ1) is 20.5. The number of thiazole rings is 1. The van der Waals surface area contributed by atoms with Gasteiger partial charge in [0.05, 0.1) is 12.3 Å². The molecule has 7 heteroatoms. The lowest BCUT2D eigenvalue weighted by Gasteiger charge is -2.24. The smallest absolute Gasteiger partial charge is 0.258 e. The fourth-order valence-corrected chi connectivity index (χ4v) is 4.51. The Hall–Kier alpha value is -2.74. The maximum atomic E-state index is 12.8. The third-order valence-corrected chi connectivity index (χ3v) is 6.08. The van der Waals surface area contributed by atoms with E-state index in [4.69, 9.17) is 15.2 Å². The van der Waals surface area contributed by atoms with E-state index in [1.807, 2.05) is 11.4 Å². The van der Waals surface area contributed by atoms with Gasteiger partial charge in [0.2, 0.25) is 0 Å². The third-order valence-electron chi connectivity index (χ3n) is 5.21. The number of nitrogens with zero attached hydrogens (tertiary/aromatic N) is 2. The van der Waals surface area contributed by atoms with Crippen LogP contribution in [0.4, 0.5) is 0 Å². The molecule has 0 bridgehead atoms. The minimum absolute atomic E-state index is 0.122. The molecule has 0 saturated carbocycles. The van der Waals surface area contributed by atoms with Gasteiger partial charge >= 0.3 is 0 Å². The maximum Gasteiger partial charge on any atom is 0.258 e. The number of aryl methyl sites for hydroxylation is 2. The first-order valence-corrected chi connectivity index (χ1v) is 10.8. The molecule has 3 aromatic rings. The Morgan fingerprint density at radius 1 is 1.20 bits per heavy atom. The van der Waals surface area contributed by atoms with Crippen LogP contribution < -0.4 is 16.0 Å². The molecule has 0 amide bonds. The quantitative estimate of drug-likeness (QED) is 0.628. The first-order chi connectivity index (χ1) is 14.6. The van der Waals surface area contributed by atoms with Crippen molar-refractivity contribution in [3.63, 3.8) is 0 Å². The fraction of sp³-hybridized carbons (Fsp3) is 0.304. The number of aromatic nitrogens is 2. The molecule has 4 rings (SSSR count). The summed E-state index contributed by atoms with van der Waals surface area (Å²) < 4.78 is 12.6. The number of nitrogens with two attached hydrogens (primary N) is 1. The molecule has 2 aromatic heterocycles. The number of rotatable bonds is 7. The van der Waals surface area contributed by atoms with Crippen molar-refractivity contribution < 1.29 is 9.47 Å². The highest BCUT2D eigenvalue weighted by molar-refractivity contribution is 7.09. The number of methoxy groups -OCH3 is 1. The molecule has 0 fully saturated rings. The molecule has 2 N–H and O–H groups in total. The van der Waals surface area contributed by atoms with Gasteiger partial charge in [0.25, 0.3) is 5.56 Å². The van der Waals surface area contributed by atoms with Crippen molar-refractivity contribution in [1.82, 2.24) is 9.55 Å². The van der Waals surface area contributed by atoms with Gasteiger partial charge in [-0.15, -0.1) is 11.3 Å². The van der Waals surface area contributed by atoms with Crippen LogP contribution in [0.2, 0.25) is 0 Å². The SMILES string of the molecule is COCc1csc(COc2ccn(C3=C(CN)c4ccc(C)cc4CC3)c(=O)c2)n1. The summed E-state index contributed by atoms with van der Waals surface area (Å²) in [5, 5.41) is 2.79. The summed E-state index contributed by atoms with van der Waals surface area (Å²) >= 11 is 1.52. The molecule has 0 saturated heterocycles. The molecule has 1 aromatic carbocycles. The summed E-state index contributed by atoms with van der Waals surface area (Å²) in [6, 6.07) is 9.75. The number of pyridine rings is 1. The van der Waals surface area contributed by atoms with E-state index < -0.39 is 0 Å². The molecule has 2 heterocycles. The van der Waals surface area contributed by atoms with Crippen LogP contribution in [0.15, 0.2) is 46.7 Å². The summed E-state index contributed by atoms with van der Waals surface area (Å²) in [6.45, 7) is 3.29. The maximum absolute atomic E-state index is 12.8. The molecule has 156 valence electrons. The Morgan fingerprint density at radius 3 is 2.83 bits per heavy atom. The molecule has 0 atom stereocenters. The summed E-state index contributed by atoms with van der Waals surface area (Å²) in [5.74, 6) is 0.529. The third kappa shape index (κ3) is 4.23. The minimum Gasteiger partial charge on any atom is -0.486 e. The molecule has 1 aliphatic carbocycles. The Labute approximate surface area is 179 Å². The number of benzene rings is 1. The van der Waals surface area contributed by atoms with Gasteiger partial charge in [0, 0.05) is 37.0 Å². The van der Waals surface area contributed by atoms with Crippen LogP contribution in [0.1, 0.15) is 33.8 Å². The summed E-state index contributed by atoms with van der Waals surface area (Å²) in [6.07, 6.45) is 3.46. The fourth-order valence-electron chi connectivity index (χ4n) is 3.82. The second kappa shape index (κ2) is 8.95. The monoisotopic (exact) mass is 423 g/mol. The number of allylic oxidation sites excluding steroid dienone is 1. The Kier molecular flexibility index (Phi) is 6.13. The minimum atomic E-state index is -0.122. The zero-order valence-corrected chi connectivity index (χ0v) is 18.0. The number of hydrogen-bond acceptors (Lipinski definition) is 6. The van der Waals surface area contributed by atoms with Crippen LogP contribution >= 0.6 is 11.3 Å². The predicted octanol–water partition coefficient (Wildman–Crippen LogP) is 3.61. The molecule has 0 aliphatic heterocycles. The van der Waals surface area contributed by atoms with Crippen LogP contribution in [-0.4, -0.2) is 23.2 Å². The van der Waals surface area contributed by atoms with E-state index in [0.717, 1.165) is 40.4 Å². The van der Waals surface area contributed by atoms with E-state index in [1.165, 1.54) is 28.5 Å². The average Bonchev–Trinajstić information content (AvgIpc) is 3.19. The van der Waals surface area contributed by atoms with Crippen molar-refractivity contribution in [2.75, 3.05) is 13.7 Å². The van der Waals surface area contributed by atoms with Crippen molar-refractivity contribution in [3.8, 4) is 5.75 Å². The van der Waals surface area contributed by atoms with E-state index in [1.54, 1.807) is 17.9 Å². The highest BCUT2D eigenvalue weighted by Gasteiger charge is 2.20. The van der Waals surface area contributed by atoms with Gasteiger partial charge in [-0.1, -0.05) is 23.8 Å². The first-order valence-electron chi connectivity index (χ1n) is 9.89. The second-order valence-corrected chi connectivity index (χ2v) is 8.26. The number of hydrogen-bond donors (Lipinski definition) is 1. The lowest BCUT2D eigenvalue weighted by molar-refractivity contribution is 0.181. The van der Waals surface area contributed by atoms with E-state index in [2.05, 4.69) is 30.1 Å². The van der Waals surface area contributed by atoms with Gasteiger partial charge in [0.15, 0.2) is 0 Å². The predicted molar refractivity (Wildman–Crippen MR) is 120 cm³/mol. The van der Waals surface area contributed by atoms with Crippen molar-refractivity contribution >= 4 is 22.6 Å². The van der Waals surface area contributed by atoms with Gasteiger partial charge in [-0.25, -0.2) is 4.98 Å². The normalized spacial score (nSPS) is 13.4. The number of fused-ring (bicyclic) bond motifs is 1. The summed E-state index contributed by atoms with van der Waals surface area (Å²) in [7, 11) is 1.64. The van der Waals surface area contributed by atoms with Crippen LogP contribution in [-0.2, 0) is 24.4 Å². The number of ether oxygens (including phenoxy) is 2. The Morgan fingerprint density at radius 2 is 2.07 bits per heavy atom. The van der Waals surface area contributed by atoms with Gasteiger partial charge in [-0.05, 0) is 42.5 Å². The molecule has 6 nitrogen and oxygen atoms in total. The topological polar surface area (TPSA) is 79.4 Å². The molecular formula is C23H25N3O3S. The largest absolute Gasteiger partial charge is 0.486 e. The van der Waals surface area contributed by atoms with Gasteiger partial charge in [-0.3, -0.25) is 9.36 Å². The van der Waals surface area contributed by atoms with Crippen molar-refractivity contribution in [2.24, 2.45) is 5.73 Å². The van der Waals surface area contributed by atoms with Crippen LogP contribution in [0.5, 0.6) is 5.75 Å². The molecular weight excluding hydrogens is 398 g/mol. The molecule has 1 aliphatic rings. The zero-order chi connectivity index (χ0) is 21.1. The summed E-state index contributed by atoms with van der Waals surface area (Å²) in [4.78, 5) is 17.3. The highest BCUT2D eigenvalue weighted by atomic mass is 32.1. The molecule has 0 radical (unpaired) electrons. The van der Waals surface area contributed by atoms with Gasteiger partial charge in [-0.2, -0.15) is 0 Å². The second-order valence-electron chi connectivity index (χ2n) is 7.31. The van der Waals surface area contributed by atoms with Crippen LogP contribution in [0, 0.1) is 6.92 Å². The Bertz CT molecular complexity index is 1150. The highest BCUT2D eigenvalue weighted by Crippen LogP contribution is 2.33. The van der Waals surface area contributed by atoms with Gasteiger partial charge < -0.3 is 15.2 Å². The Balaban J connectivity index is 1.56. The van der Waals surface area contributed by atoms with E-state index in [9.17, 15) is 4.79 Å². The van der Waals surface area contributed by atoms with Crippen molar-refractivity contribution in [1.29, 1.82) is 0 Å². The van der Waals surface area contributed by atoms with Crippen LogP contribution in [0.25, 0.3) is 11.3 Å². The molecule has 0 unspecified atom stereocenters. The standard InChI is InChI=1S/C23H25N3O3S/c1-15-3-5-19-16(9-15)4-6-21(20(19)11-24)26-8-7-18(10-23(26)27)29-13-22-25-17(12-28-2)14-30-22/h3,5,7-10,14H,4,6,11-13,24H2,1-2H3. The molecule has 0 spiro atoms. The van der Waals surface area contributed by atoms with Crippen molar-refractivity contribution in [3.05, 3.63) is 79.7 Å². The van der Waals surface area contributed by atoms with E-state index in [-0.39, 0.29) is 5.56 Å². The lowest BCUT2D eigenvalue weighted by Crippen LogP contribution is -2.23. The van der Waals surface area contributed by atoms with E-state index >= 15 is 0 Å². The lowest BCUT2D eigenvalue weighted by atomic mass is 9.87. The van der Waals surface area contributed by atoms with Crippen molar-refractivity contribution in [2.45, 2.75) is 33.0 Å². The van der Waals surface area contributed by atoms with E-state index in [0.29, 0.717) is 25.5 Å². The summed E-state index contributed by atoms with van der Waals surface area (Å²) in [5.41, 5.74) is 12.5. The average molecular weight is 424 g/mol. The van der Waals surface area contributed by atoms with Crippen LogP contribution in [0.3, 0.4) is 0 Å².